The molecule has 0 saturated carbocycles. The van der Waals surface area contributed by atoms with Crippen LogP contribution in [0.3, 0.4) is 0 Å². The summed E-state index contributed by atoms with van der Waals surface area (Å²) in [5.41, 5.74) is 1.41. The maximum Gasteiger partial charge on any atom is 0.330 e. The molecule has 0 aromatic heterocycles. The van der Waals surface area contributed by atoms with Gasteiger partial charge in [0, 0.05) is 0 Å². The Balaban J connectivity index is 2.64. The van der Waals surface area contributed by atoms with Crippen molar-refractivity contribution in [3.8, 4) is 5.75 Å². The zero-order chi connectivity index (χ0) is 15.2. The van der Waals surface area contributed by atoms with Crippen LogP contribution >= 0.6 is 17.1 Å². The van der Waals surface area contributed by atoms with Crippen LogP contribution in [0.5, 0.6) is 5.75 Å². The number of rotatable bonds is 8. The molecule has 0 fully saturated rings. The van der Waals surface area contributed by atoms with Crippen LogP contribution < -0.4 is 4.52 Å². The van der Waals surface area contributed by atoms with E-state index in [1.165, 1.54) is 37.7 Å². The maximum absolute atomic E-state index is 9.34. The van der Waals surface area contributed by atoms with Crippen LogP contribution in [-0.4, -0.2) is 4.89 Å². The second kappa shape index (κ2) is 7.79. The zero-order valence-electron chi connectivity index (χ0n) is 12.4. The van der Waals surface area contributed by atoms with Crippen LogP contribution in [0.15, 0.2) is 24.3 Å². The fraction of sp³-hybridized carbons (Fsp3) is 0.600. The van der Waals surface area contributed by atoms with E-state index in [4.69, 9.17) is 15.8 Å². The van der Waals surface area contributed by atoms with E-state index < -0.39 is 5.84 Å². The van der Waals surface area contributed by atoms with Crippen molar-refractivity contribution in [2.45, 2.75) is 58.3 Å². The van der Waals surface area contributed by atoms with E-state index >= 15 is 0 Å². The molecule has 1 rings (SSSR count). The topological polar surface area (TPSA) is 29.5 Å². The first kappa shape index (κ1) is 18.0. The molecule has 0 saturated heterocycles. The molecule has 0 spiro atoms. The van der Waals surface area contributed by atoms with Gasteiger partial charge in [0.25, 0.3) is 0 Å². The van der Waals surface area contributed by atoms with Crippen molar-refractivity contribution in [2.75, 3.05) is 0 Å². The molecule has 0 aliphatic carbocycles. The minimum absolute atomic E-state index is 0.145. The second-order valence-electron chi connectivity index (χ2n) is 5.76. The molecule has 1 aromatic rings. The minimum Gasteiger partial charge on any atom is -0.433 e. The van der Waals surface area contributed by atoms with E-state index in [2.05, 4.69) is 32.6 Å². The summed E-state index contributed by atoms with van der Waals surface area (Å²) >= 11 is 10.2. The Kier molecular flexibility index (Phi) is 7.00. The van der Waals surface area contributed by atoms with E-state index in [0.29, 0.717) is 5.75 Å². The van der Waals surface area contributed by atoms with Crippen LogP contribution in [-0.2, 0) is 17.2 Å². The van der Waals surface area contributed by atoms with Crippen LogP contribution in [0.2, 0.25) is 0 Å². The van der Waals surface area contributed by atoms with Crippen molar-refractivity contribution < 1.29 is 9.42 Å². The average molecular weight is 335 g/mol. The minimum atomic E-state index is -3.16. The zero-order valence-corrected chi connectivity index (χ0v) is 14.9. The summed E-state index contributed by atoms with van der Waals surface area (Å²) in [6.45, 7) is 6.74. The molecule has 0 radical (unpaired) electrons. The molecule has 1 atom stereocenters. The lowest BCUT2D eigenvalue weighted by atomic mass is 9.80. The van der Waals surface area contributed by atoms with Crippen LogP contribution in [0, 0.1) is 0 Å². The summed E-state index contributed by atoms with van der Waals surface area (Å²) in [5, 5.41) is 0. The van der Waals surface area contributed by atoms with Gasteiger partial charge >= 0.3 is 5.84 Å². The fourth-order valence-corrected chi connectivity index (χ4v) is 3.11. The van der Waals surface area contributed by atoms with Gasteiger partial charge < -0.3 is 9.42 Å². The van der Waals surface area contributed by atoms with Crippen molar-refractivity contribution in [3.63, 3.8) is 0 Å². The standard InChI is InChI=1S/C15H24ClO2PS/c1-4-5-6-7-12-15(2,3)13-8-10-14(11-9-13)18-19(16,17)20/h8-11H,4-7,12H2,1-3H3,(H,17,20). The molecule has 114 valence electrons. The van der Waals surface area contributed by atoms with Gasteiger partial charge in [0.05, 0.1) is 0 Å². The van der Waals surface area contributed by atoms with Crippen molar-refractivity contribution >= 4 is 28.9 Å². The quantitative estimate of drug-likeness (QED) is 0.483. The third kappa shape index (κ3) is 6.58. The summed E-state index contributed by atoms with van der Waals surface area (Å²) in [6, 6.07) is 7.69. The second-order valence-corrected chi connectivity index (χ2v) is 10.3. The van der Waals surface area contributed by atoms with Gasteiger partial charge in [-0.15, -0.1) is 0 Å². The maximum atomic E-state index is 9.34. The normalized spacial score (nSPS) is 14.8. The number of benzene rings is 1. The van der Waals surface area contributed by atoms with Gasteiger partial charge in [0.1, 0.15) is 5.75 Å². The Morgan fingerprint density at radius 2 is 1.80 bits per heavy atom. The number of hydrogen-bond donors (Lipinski definition) is 1. The van der Waals surface area contributed by atoms with Gasteiger partial charge in [0.15, 0.2) is 0 Å². The molecule has 0 heterocycles. The molecule has 20 heavy (non-hydrogen) atoms. The summed E-state index contributed by atoms with van der Waals surface area (Å²) < 4.78 is 5.13. The lowest BCUT2D eigenvalue weighted by Crippen LogP contribution is -2.16. The van der Waals surface area contributed by atoms with Crippen molar-refractivity contribution in [3.05, 3.63) is 29.8 Å². The summed E-state index contributed by atoms with van der Waals surface area (Å²) in [4.78, 5) is 9.34. The SMILES string of the molecule is CCCCCCC(C)(C)c1ccc(OP(O)(=S)Cl)cc1. The molecule has 0 aliphatic heterocycles. The molecular weight excluding hydrogens is 311 g/mol. The largest absolute Gasteiger partial charge is 0.433 e. The first-order valence-electron chi connectivity index (χ1n) is 7.07. The number of halogens is 1. The van der Waals surface area contributed by atoms with Crippen LogP contribution in [0.25, 0.3) is 0 Å². The van der Waals surface area contributed by atoms with Crippen molar-refractivity contribution in [1.29, 1.82) is 0 Å². The molecule has 1 aromatic carbocycles. The Morgan fingerprint density at radius 3 is 2.30 bits per heavy atom. The number of hydrogen-bond acceptors (Lipinski definition) is 2. The monoisotopic (exact) mass is 334 g/mol. The average Bonchev–Trinajstić information content (AvgIpc) is 2.33. The molecule has 5 heteroatoms. The third-order valence-electron chi connectivity index (χ3n) is 3.51. The van der Waals surface area contributed by atoms with Gasteiger partial charge in [-0.1, -0.05) is 58.6 Å². The third-order valence-corrected chi connectivity index (χ3v) is 4.38. The van der Waals surface area contributed by atoms with Gasteiger partial charge in [-0.05, 0) is 52.6 Å². The Labute approximate surface area is 132 Å². The van der Waals surface area contributed by atoms with Gasteiger partial charge in [-0.2, -0.15) is 0 Å². The summed E-state index contributed by atoms with van der Waals surface area (Å²) in [5.74, 6) is -2.64. The highest BCUT2D eigenvalue weighted by Crippen LogP contribution is 2.48. The highest BCUT2D eigenvalue weighted by atomic mass is 35.7. The van der Waals surface area contributed by atoms with E-state index in [9.17, 15) is 4.89 Å². The molecular formula is C15H24ClO2PS. The van der Waals surface area contributed by atoms with Gasteiger partial charge in [-0.3, -0.25) is 0 Å². The van der Waals surface area contributed by atoms with E-state index in [1.54, 1.807) is 0 Å². The smallest absolute Gasteiger partial charge is 0.330 e. The Hall–Kier alpha value is -0.0800. The lowest BCUT2D eigenvalue weighted by Gasteiger charge is -2.25. The van der Waals surface area contributed by atoms with Gasteiger partial charge in [0.2, 0.25) is 0 Å². The molecule has 0 aliphatic rings. The first-order valence-corrected chi connectivity index (χ1v) is 10.6. The highest BCUT2D eigenvalue weighted by molar-refractivity contribution is 8.22. The molecule has 1 N–H and O–H groups in total. The number of unbranched alkanes of at least 4 members (excludes halogenated alkanes) is 3. The first-order chi connectivity index (χ1) is 9.24. The van der Waals surface area contributed by atoms with E-state index in [-0.39, 0.29) is 5.41 Å². The van der Waals surface area contributed by atoms with E-state index in [0.717, 1.165) is 0 Å². The molecule has 0 amide bonds. The summed E-state index contributed by atoms with van der Waals surface area (Å²) in [7, 11) is 0. The molecule has 0 bridgehead atoms. The van der Waals surface area contributed by atoms with E-state index in [1.807, 2.05) is 24.3 Å². The molecule has 2 nitrogen and oxygen atoms in total. The van der Waals surface area contributed by atoms with Crippen molar-refractivity contribution in [1.82, 2.24) is 0 Å². The van der Waals surface area contributed by atoms with Crippen molar-refractivity contribution in [2.24, 2.45) is 0 Å². The summed E-state index contributed by atoms with van der Waals surface area (Å²) in [6.07, 6.45) is 6.28. The van der Waals surface area contributed by atoms with Crippen LogP contribution in [0.4, 0.5) is 0 Å². The van der Waals surface area contributed by atoms with Gasteiger partial charge in [-0.25, -0.2) is 0 Å². The lowest BCUT2D eigenvalue weighted by molar-refractivity contribution is 0.445. The predicted molar refractivity (Wildman–Crippen MR) is 91.2 cm³/mol. The Bertz CT molecular complexity index is 453. The molecule has 1 unspecified atom stereocenters. The highest BCUT2D eigenvalue weighted by Gasteiger charge is 2.20. The predicted octanol–water partition coefficient (Wildman–Crippen LogP) is 5.77. The fourth-order valence-electron chi connectivity index (χ4n) is 2.24. The Morgan fingerprint density at radius 1 is 1.20 bits per heavy atom. The van der Waals surface area contributed by atoms with Crippen LogP contribution in [0.1, 0.15) is 58.4 Å².